The number of hydrogen-bond acceptors (Lipinski definition) is 4. The summed E-state index contributed by atoms with van der Waals surface area (Å²) in [5, 5.41) is 20.8. The predicted molar refractivity (Wildman–Crippen MR) is 102 cm³/mol. The Kier molecular flexibility index (Phi) is 5.83. The van der Waals surface area contributed by atoms with Gasteiger partial charge in [0.05, 0.1) is 13.1 Å². The van der Waals surface area contributed by atoms with Crippen molar-refractivity contribution in [3.8, 4) is 11.5 Å². The van der Waals surface area contributed by atoms with Gasteiger partial charge in [-0.25, -0.2) is 0 Å². The number of phenolic OH excluding ortho intramolecular Hbond substituents is 2. The minimum Gasteiger partial charge on any atom is -0.507 e. The molecule has 3 rings (SSSR count). The quantitative estimate of drug-likeness (QED) is 0.766. The molecule has 2 N–H and O–H groups in total. The molecule has 4 nitrogen and oxygen atoms in total. The lowest BCUT2D eigenvalue weighted by molar-refractivity contribution is 0.463. The van der Waals surface area contributed by atoms with Crippen molar-refractivity contribution < 1.29 is 10.2 Å². The standard InChI is InChI=1S/C21H24N2O2/c24-20-16-6-2-1-3-7-17-9-5-11-19(21(17)25)15-23-13-12-22-14-18(20)10-4-8-16/h4-5,8-11,14-15,24-25H,1-3,6-7,12-13H2. The molecule has 4 heteroatoms. The summed E-state index contributed by atoms with van der Waals surface area (Å²) in [5.74, 6) is 0.673. The number of nitrogens with zero attached hydrogens (tertiary/aromatic N) is 2. The van der Waals surface area contributed by atoms with Crippen molar-refractivity contribution in [1.29, 1.82) is 0 Å². The molecule has 25 heavy (non-hydrogen) atoms. The second-order valence-electron chi connectivity index (χ2n) is 6.34. The van der Waals surface area contributed by atoms with E-state index < -0.39 is 0 Å². The molecule has 0 fully saturated rings. The van der Waals surface area contributed by atoms with Crippen LogP contribution in [0, 0.1) is 0 Å². The van der Waals surface area contributed by atoms with Crippen molar-refractivity contribution in [2.45, 2.75) is 32.1 Å². The van der Waals surface area contributed by atoms with Gasteiger partial charge in [-0.05, 0) is 48.9 Å². The molecule has 0 aromatic heterocycles. The second kappa shape index (κ2) is 8.47. The van der Waals surface area contributed by atoms with Gasteiger partial charge in [0.25, 0.3) is 0 Å². The van der Waals surface area contributed by atoms with Crippen molar-refractivity contribution in [2.75, 3.05) is 13.1 Å². The molecule has 2 aromatic rings. The number of aromatic hydroxyl groups is 2. The minimum atomic E-state index is 0.336. The first-order valence-electron chi connectivity index (χ1n) is 8.87. The number of aliphatic imine (C=N–C) groups is 2. The first-order valence-corrected chi connectivity index (χ1v) is 8.87. The van der Waals surface area contributed by atoms with Crippen molar-refractivity contribution in [1.82, 2.24) is 0 Å². The van der Waals surface area contributed by atoms with E-state index in [0.717, 1.165) is 54.4 Å². The maximum atomic E-state index is 10.4. The van der Waals surface area contributed by atoms with Gasteiger partial charge in [0.1, 0.15) is 11.5 Å². The Morgan fingerprint density at radius 2 is 1.12 bits per heavy atom. The van der Waals surface area contributed by atoms with E-state index in [4.69, 9.17) is 0 Å². The molecule has 0 spiro atoms. The lowest BCUT2D eigenvalue weighted by atomic mass is 10.00. The number of fused-ring (bicyclic) bond motifs is 4. The summed E-state index contributed by atoms with van der Waals surface area (Å²) in [4.78, 5) is 8.69. The van der Waals surface area contributed by atoms with Gasteiger partial charge in [-0.15, -0.1) is 0 Å². The van der Waals surface area contributed by atoms with Gasteiger partial charge < -0.3 is 10.2 Å². The number of benzene rings is 2. The summed E-state index contributed by atoms with van der Waals surface area (Å²) in [6.07, 6.45) is 8.20. The third kappa shape index (κ3) is 4.47. The third-order valence-corrected chi connectivity index (χ3v) is 4.51. The summed E-state index contributed by atoms with van der Waals surface area (Å²) in [6.45, 7) is 1.08. The number of phenols is 2. The van der Waals surface area contributed by atoms with E-state index in [1.807, 2.05) is 36.4 Å². The van der Waals surface area contributed by atoms with E-state index in [1.165, 1.54) is 0 Å². The highest BCUT2D eigenvalue weighted by Crippen LogP contribution is 2.25. The molecular weight excluding hydrogens is 312 g/mol. The Bertz CT molecular complexity index is 716. The first kappa shape index (κ1) is 17.2. The summed E-state index contributed by atoms with van der Waals surface area (Å²) in [5.41, 5.74) is 3.46. The van der Waals surface area contributed by atoms with Crippen LogP contribution in [0.4, 0.5) is 0 Å². The fraction of sp³-hybridized carbons (Fsp3) is 0.333. The van der Waals surface area contributed by atoms with Crippen LogP contribution in [0.1, 0.15) is 41.5 Å². The van der Waals surface area contributed by atoms with Crippen LogP contribution in [0.2, 0.25) is 0 Å². The summed E-state index contributed by atoms with van der Waals surface area (Å²) in [6, 6.07) is 11.6. The van der Waals surface area contributed by atoms with E-state index in [9.17, 15) is 10.2 Å². The number of para-hydroxylation sites is 2. The molecule has 1 aliphatic heterocycles. The van der Waals surface area contributed by atoms with Crippen LogP contribution < -0.4 is 0 Å². The van der Waals surface area contributed by atoms with Gasteiger partial charge in [0.15, 0.2) is 0 Å². The summed E-state index contributed by atoms with van der Waals surface area (Å²) in [7, 11) is 0. The molecule has 0 saturated carbocycles. The molecule has 0 unspecified atom stereocenters. The van der Waals surface area contributed by atoms with Gasteiger partial charge >= 0.3 is 0 Å². The van der Waals surface area contributed by atoms with Crippen molar-refractivity contribution in [2.24, 2.45) is 9.98 Å². The maximum absolute atomic E-state index is 10.4. The zero-order valence-corrected chi connectivity index (χ0v) is 14.4. The van der Waals surface area contributed by atoms with Gasteiger partial charge in [0, 0.05) is 23.6 Å². The lowest BCUT2D eigenvalue weighted by Crippen LogP contribution is -1.93. The second-order valence-corrected chi connectivity index (χ2v) is 6.34. The van der Waals surface area contributed by atoms with E-state index in [1.54, 1.807) is 12.4 Å². The highest BCUT2D eigenvalue weighted by atomic mass is 16.3. The Hall–Kier alpha value is -2.62. The van der Waals surface area contributed by atoms with Crippen LogP contribution in [0.3, 0.4) is 0 Å². The molecule has 0 saturated heterocycles. The molecule has 0 aliphatic carbocycles. The van der Waals surface area contributed by atoms with E-state index in [0.29, 0.717) is 24.6 Å². The lowest BCUT2D eigenvalue weighted by Gasteiger charge is -2.08. The van der Waals surface area contributed by atoms with Crippen molar-refractivity contribution in [3.05, 3.63) is 58.7 Å². The van der Waals surface area contributed by atoms with Crippen LogP contribution in [-0.4, -0.2) is 35.7 Å². The smallest absolute Gasteiger partial charge is 0.127 e. The Labute approximate surface area is 148 Å². The molecule has 0 amide bonds. The normalized spacial score (nSPS) is 15.7. The summed E-state index contributed by atoms with van der Waals surface area (Å²) >= 11 is 0. The van der Waals surface area contributed by atoms with Crippen LogP contribution in [0.5, 0.6) is 11.5 Å². The average Bonchev–Trinajstić information content (AvgIpc) is 2.62. The van der Waals surface area contributed by atoms with E-state index in [2.05, 4.69) is 9.98 Å². The first-order chi connectivity index (χ1) is 12.3. The molecule has 2 aromatic carbocycles. The average molecular weight is 336 g/mol. The van der Waals surface area contributed by atoms with Gasteiger partial charge in [0.2, 0.25) is 0 Å². The SMILES string of the molecule is Oc1c2cccc1CCCCCc1cccc(c1O)C=NCCN=C2. The fourth-order valence-electron chi connectivity index (χ4n) is 3.08. The Morgan fingerprint density at radius 3 is 1.60 bits per heavy atom. The number of aryl methyl sites for hydroxylation is 2. The van der Waals surface area contributed by atoms with Crippen LogP contribution in [-0.2, 0) is 12.8 Å². The Morgan fingerprint density at radius 1 is 0.640 bits per heavy atom. The van der Waals surface area contributed by atoms with Crippen molar-refractivity contribution >= 4 is 12.4 Å². The molecule has 1 heterocycles. The van der Waals surface area contributed by atoms with E-state index in [-0.39, 0.29) is 0 Å². The van der Waals surface area contributed by atoms with Crippen molar-refractivity contribution in [3.63, 3.8) is 0 Å². The fourth-order valence-corrected chi connectivity index (χ4v) is 3.08. The number of hydrogen-bond donors (Lipinski definition) is 2. The predicted octanol–water partition coefficient (Wildman–Crippen LogP) is 3.90. The van der Waals surface area contributed by atoms with E-state index >= 15 is 0 Å². The third-order valence-electron chi connectivity index (χ3n) is 4.51. The monoisotopic (exact) mass is 336 g/mol. The van der Waals surface area contributed by atoms with Crippen LogP contribution in [0.15, 0.2) is 46.4 Å². The highest BCUT2D eigenvalue weighted by Gasteiger charge is 2.07. The molecular formula is C21H24N2O2. The molecule has 0 atom stereocenters. The minimum absolute atomic E-state index is 0.336. The molecule has 0 radical (unpaired) electrons. The topological polar surface area (TPSA) is 65.2 Å². The van der Waals surface area contributed by atoms with Gasteiger partial charge in [-0.1, -0.05) is 30.7 Å². The molecule has 4 bridgehead atoms. The van der Waals surface area contributed by atoms with Crippen LogP contribution >= 0.6 is 0 Å². The van der Waals surface area contributed by atoms with Gasteiger partial charge in [-0.2, -0.15) is 0 Å². The summed E-state index contributed by atoms with van der Waals surface area (Å²) < 4.78 is 0. The van der Waals surface area contributed by atoms with Gasteiger partial charge in [-0.3, -0.25) is 9.98 Å². The molecule has 130 valence electrons. The zero-order chi connectivity index (χ0) is 17.5. The molecule has 1 aliphatic rings. The Balaban J connectivity index is 1.80. The highest BCUT2D eigenvalue weighted by molar-refractivity contribution is 5.85. The zero-order valence-electron chi connectivity index (χ0n) is 14.4. The van der Waals surface area contributed by atoms with Crippen LogP contribution in [0.25, 0.3) is 0 Å². The maximum Gasteiger partial charge on any atom is 0.127 e. The largest absolute Gasteiger partial charge is 0.507 e. The number of rotatable bonds is 0.